The molecule has 1 saturated heterocycles. The van der Waals surface area contributed by atoms with Gasteiger partial charge in [-0.3, -0.25) is 0 Å². The number of nitrogens with zero attached hydrogens (tertiary/aromatic N) is 3. The van der Waals surface area contributed by atoms with Crippen molar-refractivity contribution in [3.05, 3.63) is 48.0 Å². The van der Waals surface area contributed by atoms with E-state index in [1.807, 2.05) is 6.20 Å². The van der Waals surface area contributed by atoms with Gasteiger partial charge in [0, 0.05) is 29.5 Å². The number of hydrogen-bond donors (Lipinski definition) is 3. The first-order valence-corrected chi connectivity index (χ1v) is 11.0. The average Bonchev–Trinajstić information content (AvgIpc) is 3.15. The highest BCUT2D eigenvalue weighted by Gasteiger charge is 2.26. The lowest BCUT2D eigenvalue weighted by molar-refractivity contribution is 0.111. The first-order chi connectivity index (χ1) is 14.7. The summed E-state index contributed by atoms with van der Waals surface area (Å²) in [5.74, 6) is 0.766. The summed E-state index contributed by atoms with van der Waals surface area (Å²) in [6, 6.07) is 6.56. The van der Waals surface area contributed by atoms with Crippen molar-refractivity contribution in [2.45, 2.75) is 56.6 Å². The van der Waals surface area contributed by atoms with E-state index in [4.69, 9.17) is 4.98 Å². The highest BCUT2D eigenvalue weighted by atomic mass is 19.1. The van der Waals surface area contributed by atoms with Crippen LogP contribution < -0.4 is 10.6 Å². The second-order valence-corrected chi connectivity index (χ2v) is 8.54. The molecule has 6 nitrogen and oxygen atoms in total. The third kappa shape index (κ3) is 3.91. The zero-order valence-electron chi connectivity index (χ0n) is 17.0. The Kier molecular flexibility index (Phi) is 5.39. The quantitative estimate of drug-likeness (QED) is 0.600. The summed E-state index contributed by atoms with van der Waals surface area (Å²) in [7, 11) is 0. The molecular weight excluding hydrogens is 381 g/mol. The molecule has 0 amide bonds. The summed E-state index contributed by atoms with van der Waals surface area (Å²) in [5, 5.41) is 17.7. The predicted molar refractivity (Wildman–Crippen MR) is 116 cm³/mol. The third-order valence-electron chi connectivity index (χ3n) is 6.54. The summed E-state index contributed by atoms with van der Waals surface area (Å²) in [4.78, 5) is 9.44. The molecule has 0 radical (unpaired) electrons. The van der Waals surface area contributed by atoms with E-state index in [9.17, 15) is 9.50 Å². The van der Waals surface area contributed by atoms with E-state index in [-0.39, 0.29) is 11.9 Å². The Hall–Kier alpha value is -2.51. The molecule has 3 N–H and O–H groups in total. The number of aromatic nitrogens is 3. The number of halogens is 1. The molecule has 7 heteroatoms. The molecule has 0 unspecified atom stereocenters. The molecule has 1 aliphatic carbocycles. The molecule has 2 aromatic heterocycles. The Bertz CT molecular complexity index is 1000. The maximum Gasteiger partial charge on any atom is 0.229 e. The van der Waals surface area contributed by atoms with Gasteiger partial charge in [-0.2, -0.15) is 4.98 Å². The van der Waals surface area contributed by atoms with E-state index >= 15 is 0 Å². The minimum Gasteiger partial charge on any atom is -0.393 e. The second-order valence-electron chi connectivity index (χ2n) is 8.54. The number of piperidine rings is 1. The highest BCUT2D eigenvalue weighted by Crippen LogP contribution is 2.37. The normalized spacial score (nSPS) is 23.0. The number of anilines is 2. The van der Waals surface area contributed by atoms with Crippen molar-refractivity contribution in [3.63, 3.8) is 0 Å². The predicted octanol–water partition coefficient (Wildman–Crippen LogP) is 4.26. The number of nitrogens with one attached hydrogen (secondary N) is 2. The van der Waals surface area contributed by atoms with Gasteiger partial charge in [-0.15, -0.1) is 0 Å². The zero-order chi connectivity index (χ0) is 20.5. The SMILES string of the molecule is OC1CCC(n2cc(C3CCNCC3)c3cnc(Nc4ccc(F)cc4)nc32)CC1. The minimum atomic E-state index is -0.267. The molecule has 0 spiro atoms. The standard InChI is InChI=1S/C23H28FN5O/c24-16-1-3-17(4-2-16)27-23-26-13-20-21(15-9-11-25-12-10-15)14-29(22(20)28-23)18-5-7-19(30)8-6-18/h1-4,13-15,18-19,25,30H,5-12H2,(H,26,27,28). The van der Waals surface area contributed by atoms with Crippen LogP contribution in [0.5, 0.6) is 0 Å². The molecule has 1 saturated carbocycles. The van der Waals surface area contributed by atoms with Crippen molar-refractivity contribution in [1.29, 1.82) is 0 Å². The minimum absolute atomic E-state index is 0.183. The molecule has 2 aliphatic rings. The van der Waals surface area contributed by atoms with E-state index in [1.165, 1.54) is 17.7 Å². The van der Waals surface area contributed by atoms with Crippen LogP contribution in [0, 0.1) is 5.82 Å². The van der Waals surface area contributed by atoms with Crippen molar-refractivity contribution >= 4 is 22.7 Å². The van der Waals surface area contributed by atoms with Gasteiger partial charge in [0.15, 0.2) is 0 Å². The van der Waals surface area contributed by atoms with Crippen LogP contribution in [-0.4, -0.2) is 38.8 Å². The first-order valence-electron chi connectivity index (χ1n) is 11.0. The van der Waals surface area contributed by atoms with Crippen LogP contribution >= 0.6 is 0 Å². The van der Waals surface area contributed by atoms with Crippen LogP contribution in [0.1, 0.15) is 56.0 Å². The van der Waals surface area contributed by atoms with Crippen LogP contribution in [-0.2, 0) is 0 Å². The van der Waals surface area contributed by atoms with Gasteiger partial charge in [0.25, 0.3) is 0 Å². The Labute approximate surface area is 175 Å². The van der Waals surface area contributed by atoms with Crippen LogP contribution in [0.4, 0.5) is 16.0 Å². The number of aliphatic hydroxyl groups excluding tert-OH is 1. The van der Waals surface area contributed by atoms with Crippen LogP contribution in [0.3, 0.4) is 0 Å². The topological polar surface area (TPSA) is 75.0 Å². The molecule has 2 fully saturated rings. The Balaban J connectivity index is 1.52. The molecule has 30 heavy (non-hydrogen) atoms. The number of aliphatic hydroxyl groups is 1. The van der Waals surface area contributed by atoms with E-state index in [1.54, 1.807) is 12.1 Å². The smallest absolute Gasteiger partial charge is 0.229 e. The van der Waals surface area contributed by atoms with Gasteiger partial charge in [0.05, 0.1) is 6.10 Å². The molecule has 0 atom stereocenters. The second kappa shape index (κ2) is 8.32. The molecule has 1 aliphatic heterocycles. The van der Waals surface area contributed by atoms with E-state index < -0.39 is 0 Å². The molecular formula is C23H28FN5O. The maximum atomic E-state index is 13.2. The van der Waals surface area contributed by atoms with Crippen molar-refractivity contribution in [1.82, 2.24) is 19.9 Å². The summed E-state index contributed by atoms with van der Waals surface area (Å²) < 4.78 is 15.5. The molecule has 3 heterocycles. The van der Waals surface area contributed by atoms with Crippen molar-refractivity contribution < 1.29 is 9.50 Å². The van der Waals surface area contributed by atoms with E-state index in [0.717, 1.165) is 68.3 Å². The fourth-order valence-corrected chi connectivity index (χ4v) is 4.85. The fourth-order valence-electron chi connectivity index (χ4n) is 4.85. The molecule has 0 bridgehead atoms. The largest absolute Gasteiger partial charge is 0.393 e. The lowest BCUT2D eigenvalue weighted by Gasteiger charge is -2.27. The molecule has 5 rings (SSSR count). The fraction of sp³-hybridized carbons (Fsp3) is 0.478. The monoisotopic (exact) mass is 409 g/mol. The van der Waals surface area contributed by atoms with Gasteiger partial charge in [-0.1, -0.05) is 0 Å². The van der Waals surface area contributed by atoms with Crippen molar-refractivity contribution in [3.8, 4) is 0 Å². The Morgan fingerprint density at radius 2 is 1.77 bits per heavy atom. The van der Waals surface area contributed by atoms with Crippen LogP contribution in [0.25, 0.3) is 11.0 Å². The summed E-state index contributed by atoms with van der Waals surface area (Å²) in [6.45, 7) is 2.08. The first kappa shape index (κ1) is 19.5. The van der Waals surface area contributed by atoms with Crippen LogP contribution in [0.2, 0.25) is 0 Å². The van der Waals surface area contributed by atoms with Gasteiger partial charge in [-0.25, -0.2) is 9.37 Å². The molecule has 3 aromatic rings. The zero-order valence-corrected chi connectivity index (χ0v) is 17.0. The number of fused-ring (bicyclic) bond motifs is 1. The lowest BCUT2D eigenvalue weighted by atomic mass is 9.90. The van der Waals surface area contributed by atoms with Crippen LogP contribution in [0.15, 0.2) is 36.7 Å². The average molecular weight is 410 g/mol. The molecule has 158 valence electrons. The van der Waals surface area contributed by atoms with Crippen molar-refractivity contribution in [2.24, 2.45) is 0 Å². The summed E-state index contributed by atoms with van der Waals surface area (Å²) in [5.41, 5.74) is 3.05. The Morgan fingerprint density at radius 1 is 1.03 bits per heavy atom. The lowest BCUT2D eigenvalue weighted by Crippen LogP contribution is -2.26. The summed E-state index contributed by atoms with van der Waals surface area (Å²) >= 11 is 0. The maximum absolute atomic E-state index is 13.2. The van der Waals surface area contributed by atoms with E-state index in [2.05, 4.69) is 26.4 Å². The van der Waals surface area contributed by atoms with Gasteiger partial charge >= 0.3 is 0 Å². The van der Waals surface area contributed by atoms with Gasteiger partial charge in [-0.05, 0) is 87.4 Å². The van der Waals surface area contributed by atoms with Crippen molar-refractivity contribution in [2.75, 3.05) is 18.4 Å². The Morgan fingerprint density at radius 3 is 2.50 bits per heavy atom. The van der Waals surface area contributed by atoms with Gasteiger partial charge in [0.2, 0.25) is 5.95 Å². The summed E-state index contributed by atoms with van der Waals surface area (Å²) in [6.07, 6.45) is 9.87. The van der Waals surface area contributed by atoms with Gasteiger partial charge in [0.1, 0.15) is 11.5 Å². The number of hydrogen-bond acceptors (Lipinski definition) is 5. The number of benzene rings is 1. The van der Waals surface area contributed by atoms with Gasteiger partial charge < -0.3 is 20.3 Å². The highest BCUT2D eigenvalue weighted by molar-refractivity contribution is 5.82. The molecule has 1 aromatic carbocycles. The third-order valence-corrected chi connectivity index (χ3v) is 6.54. The van der Waals surface area contributed by atoms with E-state index in [0.29, 0.717) is 17.9 Å². The number of rotatable bonds is 4.